The van der Waals surface area contributed by atoms with Crippen LogP contribution in [0.4, 0.5) is 5.69 Å². The molecule has 2 heterocycles. The molecule has 0 aliphatic carbocycles. The molecule has 1 aliphatic heterocycles. The van der Waals surface area contributed by atoms with Gasteiger partial charge in [0.1, 0.15) is 5.69 Å². The summed E-state index contributed by atoms with van der Waals surface area (Å²) < 4.78 is 2.12. The zero-order chi connectivity index (χ0) is 15.5. The molecule has 0 radical (unpaired) electrons. The second-order valence-corrected chi connectivity index (χ2v) is 6.15. The van der Waals surface area contributed by atoms with Gasteiger partial charge in [0.25, 0.3) is 5.91 Å². The minimum Gasteiger partial charge on any atom is -0.293 e. The fourth-order valence-corrected chi connectivity index (χ4v) is 3.71. The van der Waals surface area contributed by atoms with Crippen LogP contribution in [0.2, 0.25) is 0 Å². The van der Waals surface area contributed by atoms with Gasteiger partial charge in [0.15, 0.2) is 0 Å². The Balaban J connectivity index is 2.09. The Morgan fingerprint density at radius 2 is 2.00 bits per heavy atom. The zero-order valence-corrected chi connectivity index (χ0v) is 12.7. The van der Waals surface area contributed by atoms with Crippen LogP contribution in [0.25, 0.3) is 0 Å². The van der Waals surface area contributed by atoms with Crippen LogP contribution >= 0.6 is 11.5 Å². The van der Waals surface area contributed by atoms with Crippen molar-refractivity contribution < 1.29 is 9.72 Å². The summed E-state index contributed by atoms with van der Waals surface area (Å²) in [6.45, 7) is 0.760. The largest absolute Gasteiger partial charge is 0.326 e. The Morgan fingerprint density at radius 1 is 1.23 bits per heavy atom. The van der Waals surface area contributed by atoms with Crippen LogP contribution in [-0.4, -0.2) is 14.8 Å². The van der Waals surface area contributed by atoms with Crippen molar-refractivity contribution in [3.05, 3.63) is 56.4 Å². The van der Waals surface area contributed by atoms with Crippen molar-refractivity contribution in [3.63, 3.8) is 0 Å². The van der Waals surface area contributed by atoms with E-state index in [1.54, 1.807) is 24.3 Å². The van der Waals surface area contributed by atoms with Gasteiger partial charge >= 0.3 is 5.69 Å². The number of aromatic nitrogens is 1. The van der Waals surface area contributed by atoms with Gasteiger partial charge in [-0.3, -0.25) is 18.9 Å². The molecule has 0 N–H and O–H groups in total. The van der Waals surface area contributed by atoms with Gasteiger partial charge in [-0.1, -0.05) is 24.6 Å². The number of amides is 1. The van der Waals surface area contributed by atoms with Crippen molar-refractivity contribution in [2.24, 2.45) is 4.99 Å². The smallest absolute Gasteiger partial charge is 0.293 e. The number of fused-ring (bicyclic) bond motifs is 1. The number of hydrogen-bond donors (Lipinski definition) is 0. The summed E-state index contributed by atoms with van der Waals surface area (Å²) in [7, 11) is 0. The Kier molecular flexibility index (Phi) is 4.15. The Labute approximate surface area is 131 Å². The van der Waals surface area contributed by atoms with Gasteiger partial charge in [-0.15, -0.1) is 0 Å². The van der Waals surface area contributed by atoms with Crippen molar-refractivity contribution in [3.8, 4) is 0 Å². The monoisotopic (exact) mass is 317 g/mol. The SMILES string of the molecule is O=C(N=c1sn2c(c1[N+](=O)[O-])CCCCC2)c1ccccc1. The standard InChI is InChI=1S/C15H15N3O3S/c19-14(11-7-3-1-4-8-11)16-15-13(18(20)21)12-9-5-2-6-10-17(12)22-15/h1,3-4,7-8H,2,5-6,9-10H2. The highest BCUT2D eigenvalue weighted by Gasteiger charge is 2.25. The van der Waals surface area contributed by atoms with Crippen molar-refractivity contribution in [2.45, 2.75) is 32.2 Å². The third-order valence-corrected chi connectivity index (χ3v) is 4.74. The number of benzene rings is 1. The maximum atomic E-state index is 12.2. The lowest BCUT2D eigenvalue weighted by molar-refractivity contribution is -0.386. The van der Waals surface area contributed by atoms with Crippen molar-refractivity contribution in [2.75, 3.05) is 0 Å². The zero-order valence-electron chi connectivity index (χ0n) is 11.9. The Hall–Kier alpha value is -2.28. The van der Waals surface area contributed by atoms with Crippen LogP contribution in [-0.2, 0) is 13.0 Å². The summed E-state index contributed by atoms with van der Waals surface area (Å²) in [6, 6.07) is 8.61. The number of nitrogens with zero attached hydrogens (tertiary/aromatic N) is 3. The minimum absolute atomic E-state index is 0.00354. The van der Waals surface area contributed by atoms with E-state index in [0.29, 0.717) is 17.7 Å². The summed E-state index contributed by atoms with van der Waals surface area (Å²) in [6.07, 6.45) is 3.67. The predicted molar refractivity (Wildman–Crippen MR) is 82.9 cm³/mol. The fraction of sp³-hybridized carbons (Fsp3) is 0.333. The van der Waals surface area contributed by atoms with Crippen molar-refractivity contribution in [1.82, 2.24) is 3.96 Å². The van der Waals surface area contributed by atoms with Gasteiger partial charge in [-0.2, -0.15) is 4.99 Å². The topological polar surface area (TPSA) is 77.5 Å². The molecule has 1 amide bonds. The molecule has 2 aromatic rings. The summed E-state index contributed by atoms with van der Waals surface area (Å²) in [5.74, 6) is -0.444. The summed E-state index contributed by atoms with van der Waals surface area (Å²) in [4.78, 5) is 27.2. The fourth-order valence-electron chi connectivity index (χ4n) is 2.59. The molecule has 0 atom stereocenters. The number of carbonyl (C=O) groups excluding carboxylic acids is 1. The highest BCUT2D eigenvalue weighted by atomic mass is 32.1. The lowest BCUT2D eigenvalue weighted by Crippen LogP contribution is -2.08. The van der Waals surface area contributed by atoms with Crippen molar-refractivity contribution in [1.29, 1.82) is 0 Å². The molecule has 0 saturated carbocycles. The maximum absolute atomic E-state index is 12.2. The highest BCUT2D eigenvalue weighted by Crippen LogP contribution is 2.24. The molecule has 7 heteroatoms. The maximum Gasteiger partial charge on any atom is 0.326 e. The van der Waals surface area contributed by atoms with Crippen LogP contribution < -0.4 is 4.67 Å². The molecule has 1 aromatic carbocycles. The van der Waals surface area contributed by atoms with Gasteiger partial charge in [0.05, 0.1) is 4.92 Å². The van der Waals surface area contributed by atoms with Crippen LogP contribution in [0.1, 0.15) is 35.3 Å². The molecule has 0 unspecified atom stereocenters. The van der Waals surface area contributed by atoms with E-state index in [1.165, 1.54) is 11.5 Å². The number of carbonyl (C=O) groups is 1. The normalized spacial score (nSPS) is 15.2. The second kappa shape index (κ2) is 6.23. The average molecular weight is 317 g/mol. The molecule has 6 nitrogen and oxygen atoms in total. The van der Waals surface area contributed by atoms with Gasteiger partial charge < -0.3 is 0 Å². The number of hydrogen-bond acceptors (Lipinski definition) is 4. The summed E-state index contributed by atoms with van der Waals surface area (Å²) in [5.41, 5.74) is 1.13. The molecule has 3 rings (SSSR count). The molecule has 1 aromatic heterocycles. The summed E-state index contributed by atoms with van der Waals surface area (Å²) >= 11 is 1.21. The van der Waals surface area contributed by atoms with E-state index in [4.69, 9.17) is 0 Å². The molecule has 0 fully saturated rings. The first-order valence-electron chi connectivity index (χ1n) is 7.18. The lowest BCUT2D eigenvalue weighted by atomic mass is 10.2. The van der Waals surface area contributed by atoms with Crippen LogP contribution in [0, 0.1) is 10.1 Å². The van der Waals surface area contributed by atoms with E-state index >= 15 is 0 Å². The van der Waals surface area contributed by atoms with Crippen LogP contribution in [0.3, 0.4) is 0 Å². The van der Waals surface area contributed by atoms with E-state index in [-0.39, 0.29) is 10.4 Å². The van der Waals surface area contributed by atoms with E-state index in [1.807, 2.05) is 10.0 Å². The number of aryl methyl sites for hydroxylation is 1. The first-order chi connectivity index (χ1) is 10.7. The average Bonchev–Trinajstić information content (AvgIpc) is 2.69. The van der Waals surface area contributed by atoms with Crippen molar-refractivity contribution >= 4 is 23.1 Å². The van der Waals surface area contributed by atoms with Gasteiger partial charge in [-0.05, 0) is 42.9 Å². The first kappa shape index (κ1) is 14.6. The first-order valence-corrected chi connectivity index (χ1v) is 7.95. The van der Waals surface area contributed by atoms with Gasteiger partial charge in [0.2, 0.25) is 4.67 Å². The van der Waals surface area contributed by atoms with E-state index in [9.17, 15) is 14.9 Å². The number of rotatable bonds is 2. The molecular formula is C15H15N3O3S. The van der Waals surface area contributed by atoms with Crippen LogP contribution in [0.15, 0.2) is 35.3 Å². The number of nitro groups is 1. The third kappa shape index (κ3) is 2.85. The molecule has 114 valence electrons. The van der Waals surface area contributed by atoms with E-state index < -0.39 is 10.8 Å². The third-order valence-electron chi connectivity index (χ3n) is 3.65. The van der Waals surface area contributed by atoms with Gasteiger partial charge in [-0.25, -0.2) is 0 Å². The molecule has 0 bridgehead atoms. The van der Waals surface area contributed by atoms with Gasteiger partial charge in [0, 0.05) is 12.1 Å². The molecular weight excluding hydrogens is 302 g/mol. The quantitative estimate of drug-likeness (QED) is 0.631. The molecule has 1 aliphatic rings. The lowest BCUT2D eigenvalue weighted by Gasteiger charge is -1.99. The Bertz CT molecular complexity index is 777. The Morgan fingerprint density at radius 3 is 2.73 bits per heavy atom. The minimum atomic E-state index is -0.444. The van der Waals surface area contributed by atoms with E-state index in [0.717, 1.165) is 25.8 Å². The van der Waals surface area contributed by atoms with Crippen LogP contribution in [0.5, 0.6) is 0 Å². The molecule has 0 saturated heterocycles. The highest BCUT2D eigenvalue weighted by molar-refractivity contribution is 7.04. The second-order valence-electron chi connectivity index (χ2n) is 5.14. The molecule has 0 spiro atoms. The molecule has 22 heavy (non-hydrogen) atoms. The summed E-state index contributed by atoms with van der Waals surface area (Å²) in [5, 5.41) is 11.4. The predicted octanol–water partition coefficient (Wildman–Crippen LogP) is 2.93. The van der Waals surface area contributed by atoms with E-state index in [2.05, 4.69) is 4.99 Å².